The molecule has 6 nitrogen and oxygen atoms in total. The third kappa shape index (κ3) is 58.8. The van der Waals surface area contributed by atoms with Crippen LogP contribution in [0.25, 0.3) is 0 Å². The molecule has 6 heteroatoms. The Morgan fingerprint density at radius 3 is 1.07 bits per heavy atom. The highest BCUT2D eigenvalue weighted by Crippen LogP contribution is 2.17. The fourth-order valence-corrected chi connectivity index (χ4v) is 9.74. The number of esters is 1. The number of carbonyl (C=O) groups is 2. The summed E-state index contributed by atoms with van der Waals surface area (Å²) >= 11 is 0. The van der Waals surface area contributed by atoms with Gasteiger partial charge in [-0.15, -0.1) is 0 Å². The number of rotatable bonds is 60. The zero-order valence-electron chi connectivity index (χ0n) is 49.3. The summed E-state index contributed by atoms with van der Waals surface area (Å²) in [6.45, 7) is 4.86. The number of nitrogens with one attached hydrogen (secondary N) is 1. The average Bonchev–Trinajstić information content (AvgIpc) is 3.40. The Labute approximate surface area is 460 Å². The predicted molar refractivity (Wildman–Crippen MR) is 324 cm³/mol. The Bertz CT molecular complexity index is 1290. The number of aliphatic hydroxyl groups excluding tert-OH is 2. The van der Waals surface area contributed by atoms with Gasteiger partial charge < -0.3 is 20.3 Å². The van der Waals surface area contributed by atoms with Crippen molar-refractivity contribution in [1.29, 1.82) is 0 Å². The van der Waals surface area contributed by atoms with E-state index in [2.05, 4.69) is 67.8 Å². The molecule has 0 aliphatic rings. The second-order valence-electron chi connectivity index (χ2n) is 22.1. The molecule has 0 aromatic heterocycles. The van der Waals surface area contributed by atoms with Crippen molar-refractivity contribution in [2.24, 2.45) is 0 Å². The normalized spacial score (nSPS) is 13.0. The van der Waals surface area contributed by atoms with Crippen LogP contribution in [0, 0.1) is 0 Å². The zero-order valence-corrected chi connectivity index (χ0v) is 49.3. The van der Waals surface area contributed by atoms with Gasteiger partial charge in [-0.2, -0.15) is 0 Å². The minimum atomic E-state index is -0.848. The van der Waals surface area contributed by atoms with E-state index < -0.39 is 12.1 Å². The van der Waals surface area contributed by atoms with Gasteiger partial charge in [0.25, 0.3) is 0 Å². The summed E-state index contributed by atoms with van der Waals surface area (Å²) in [5, 5.41) is 23.2. The van der Waals surface area contributed by atoms with Gasteiger partial charge in [0.2, 0.25) is 5.91 Å². The third-order valence-corrected chi connectivity index (χ3v) is 14.8. The van der Waals surface area contributed by atoms with Crippen LogP contribution in [-0.2, 0) is 14.3 Å². The molecule has 1 amide bonds. The predicted octanol–water partition coefficient (Wildman–Crippen LogP) is 20.7. The van der Waals surface area contributed by atoms with Crippen molar-refractivity contribution in [3.05, 3.63) is 60.8 Å². The molecule has 0 spiro atoms. The van der Waals surface area contributed by atoms with Gasteiger partial charge in [-0.3, -0.25) is 9.59 Å². The standard InChI is InChI=1S/C68H125NO5/c1-3-5-7-9-11-13-15-17-19-33-36-40-44-48-52-56-60-66(71)65(64-70)69-67(72)61-57-53-49-45-41-37-34-31-29-27-25-23-21-20-22-24-26-28-30-32-35-39-43-47-51-55-59-63-74-68(73)62-58-54-50-46-42-38-18-16-14-12-10-8-6-4-2/h10,12,16,18,20-21,24,26,56,60,65-66,70-71H,3-9,11,13-15,17,19,22-23,25,27-55,57-59,61-64H2,1-2H3,(H,69,72)/b12-10-,18-16-,21-20-,26-24-,60-56+. The molecule has 3 N–H and O–H groups in total. The maximum absolute atomic E-state index is 12.5. The van der Waals surface area contributed by atoms with Crippen LogP contribution in [0.3, 0.4) is 0 Å². The molecule has 0 saturated heterocycles. The molecule has 0 aromatic carbocycles. The van der Waals surface area contributed by atoms with Gasteiger partial charge in [-0.05, 0) is 89.9 Å². The second-order valence-corrected chi connectivity index (χ2v) is 22.1. The molecule has 0 rings (SSSR count). The molecule has 0 aromatic rings. The summed E-state index contributed by atoms with van der Waals surface area (Å²) in [4.78, 5) is 24.5. The van der Waals surface area contributed by atoms with Gasteiger partial charge in [-0.25, -0.2) is 0 Å². The lowest BCUT2D eigenvalue weighted by Crippen LogP contribution is -2.45. The maximum Gasteiger partial charge on any atom is 0.305 e. The Balaban J connectivity index is 3.45. The van der Waals surface area contributed by atoms with Gasteiger partial charge >= 0.3 is 5.97 Å². The Morgan fingerprint density at radius 2 is 0.689 bits per heavy atom. The highest BCUT2D eigenvalue weighted by molar-refractivity contribution is 5.76. The van der Waals surface area contributed by atoms with Gasteiger partial charge in [0.05, 0.1) is 25.4 Å². The number of hydrogen-bond donors (Lipinski definition) is 3. The fraction of sp³-hybridized carbons (Fsp3) is 0.824. The summed E-state index contributed by atoms with van der Waals surface area (Å²) in [5.41, 5.74) is 0. The van der Waals surface area contributed by atoms with E-state index in [-0.39, 0.29) is 18.5 Å². The number of allylic oxidation sites excluding steroid dienone is 9. The third-order valence-electron chi connectivity index (χ3n) is 14.8. The summed E-state index contributed by atoms with van der Waals surface area (Å²) in [6.07, 6.45) is 82.7. The lowest BCUT2D eigenvalue weighted by molar-refractivity contribution is -0.143. The van der Waals surface area contributed by atoms with E-state index in [9.17, 15) is 19.8 Å². The minimum absolute atomic E-state index is 0.00488. The lowest BCUT2D eigenvalue weighted by atomic mass is 10.0. The van der Waals surface area contributed by atoms with E-state index in [1.54, 1.807) is 6.08 Å². The summed E-state index contributed by atoms with van der Waals surface area (Å²) in [7, 11) is 0. The number of hydrogen-bond acceptors (Lipinski definition) is 5. The van der Waals surface area contributed by atoms with E-state index >= 15 is 0 Å². The Hall–Kier alpha value is -2.44. The van der Waals surface area contributed by atoms with Crippen LogP contribution in [0.1, 0.15) is 335 Å². The van der Waals surface area contributed by atoms with Crippen LogP contribution in [0.4, 0.5) is 0 Å². The summed E-state index contributed by atoms with van der Waals surface area (Å²) < 4.78 is 5.47. The van der Waals surface area contributed by atoms with Crippen LogP contribution in [0.2, 0.25) is 0 Å². The molecule has 2 atom stereocenters. The van der Waals surface area contributed by atoms with Gasteiger partial charge in [0, 0.05) is 12.8 Å². The highest BCUT2D eigenvalue weighted by Gasteiger charge is 2.18. The smallest absolute Gasteiger partial charge is 0.305 e. The second kappa shape index (κ2) is 63.1. The van der Waals surface area contributed by atoms with E-state index in [0.717, 1.165) is 57.8 Å². The lowest BCUT2D eigenvalue weighted by Gasteiger charge is -2.20. The first-order valence-corrected chi connectivity index (χ1v) is 32.6. The van der Waals surface area contributed by atoms with Crippen molar-refractivity contribution in [1.82, 2.24) is 5.32 Å². The first-order chi connectivity index (χ1) is 36.5. The maximum atomic E-state index is 12.5. The topological polar surface area (TPSA) is 95.9 Å². The number of carbonyl (C=O) groups excluding carboxylic acids is 2. The van der Waals surface area contributed by atoms with Crippen molar-refractivity contribution >= 4 is 11.9 Å². The van der Waals surface area contributed by atoms with E-state index in [1.165, 1.54) is 250 Å². The number of ether oxygens (including phenoxy) is 1. The Kier molecular flexibility index (Phi) is 61.0. The summed E-state index contributed by atoms with van der Waals surface area (Å²) in [6, 6.07) is -0.631. The van der Waals surface area contributed by atoms with Crippen molar-refractivity contribution in [2.45, 2.75) is 347 Å². The van der Waals surface area contributed by atoms with Crippen LogP contribution >= 0.6 is 0 Å². The van der Waals surface area contributed by atoms with Crippen molar-refractivity contribution in [3.8, 4) is 0 Å². The van der Waals surface area contributed by atoms with Gasteiger partial charge in [-0.1, -0.05) is 293 Å². The molecular weight excluding hydrogens is 911 g/mol. The van der Waals surface area contributed by atoms with E-state index in [1.807, 2.05) is 6.08 Å². The molecule has 0 bridgehead atoms. The van der Waals surface area contributed by atoms with Crippen molar-refractivity contribution < 1.29 is 24.5 Å². The minimum Gasteiger partial charge on any atom is -0.466 e. The van der Waals surface area contributed by atoms with Crippen LogP contribution in [0.5, 0.6) is 0 Å². The number of amides is 1. The van der Waals surface area contributed by atoms with Gasteiger partial charge in [0.1, 0.15) is 0 Å². The molecule has 0 radical (unpaired) electrons. The van der Waals surface area contributed by atoms with Crippen LogP contribution in [0.15, 0.2) is 60.8 Å². The molecule has 0 aliphatic heterocycles. The molecule has 2 unspecified atom stereocenters. The van der Waals surface area contributed by atoms with Gasteiger partial charge in [0.15, 0.2) is 0 Å². The largest absolute Gasteiger partial charge is 0.466 e. The fourth-order valence-electron chi connectivity index (χ4n) is 9.74. The quantitative estimate of drug-likeness (QED) is 0.0320. The molecule has 0 heterocycles. The van der Waals surface area contributed by atoms with E-state index in [4.69, 9.17) is 4.74 Å². The average molecular weight is 1040 g/mol. The molecule has 0 aliphatic carbocycles. The van der Waals surface area contributed by atoms with E-state index in [0.29, 0.717) is 19.4 Å². The molecular formula is C68H125NO5. The molecule has 432 valence electrons. The number of unbranched alkanes of at least 4 members (excludes halogenated alkanes) is 41. The monoisotopic (exact) mass is 1040 g/mol. The first kappa shape index (κ1) is 71.6. The zero-order chi connectivity index (χ0) is 53.6. The SMILES string of the molecule is CCCC/C=C\C/C=C\CCCCCCCC(=O)OCCCCCCCCCCC/C=C\C/C=C\CCCCCCCCCCCCCC(=O)NC(CO)C(O)/C=C/CCCCCCCCCCCCCCCC. The van der Waals surface area contributed by atoms with Crippen molar-refractivity contribution in [2.75, 3.05) is 13.2 Å². The molecule has 0 saturated carbocycles. The Morgan fingerprint density at radius 1 is 0.378 bits per heavy atom. The molecule has 74 heavy (non-hydrogen) atoms. The summed E-state index contributed by atoms with van der Waals surface area (Å²) in [5.74, 6) is -0.0753. The first-order valence-electron chi connectivity index (χ1n) is 32.6. The van der Waals surface area contributed by atoms with Crippen LogP contribution < -0.4 is 5.32 Å². The molecule has 0 fully saturated rings. The van der Waals surface area contributed by atoms with Crippen LogP contribution in [-0.4, -0.2) is 47.4 Å². The van der Waals surface area contributed by atoms with Crippen molar-refractivity contribution in [3.63, 3.8) is 0 Å². The number of aliphatic hydroxyl groups is 2. The highest BCUT2D eigenvalue weighted by atomic mass is 16.5.